The number of nitrogens with zero attached hydrogens (tertiary/aromatic N) is 7. The van der Waals surface area contributed by atoms with Crippen LogP contribution in [-0.2, 0) is 29.1 Å². The van der Waals surface area contributed by atoms with Crippen LogP contribution in [0.2, 0.25) is 0 Å². The molecule has 1 aliphatic carbocycles. The van der Waals surface area contributed by atoms with Crippen molar-refractivity contribution in [2.75, 3.05) is 30.9 Å². The van der Waals surface area contributed by atoms with Gasteiger partial charge in [-0.1, -0.05) is 18.2 Å². The highest BCUT2D eigenvalue weighted by atomic mass is 32.2. The minimum absolute atomic E-state index is 0.247. The van der Waals surface area contributed by atoms with Crippen LogP contribution in [-0.4, -0.2) is 65.1 Å². The molecule has 1 N–H and O–H groups in total. The lowest BCUT2D eigenvalue weighted by Crippen LogP contribution is -2.32. The summed E-state index contributed by atoms with van der Waals surface area (Å²) in [5.74, 6) is 1.14. The van der Waals surface area contributed by atoms with Gasteiger partial charge in [0.15, 0.2) is 17.3 Å². The first-order valence-electron chi connectivity index (χ1n) is 14.2. The second-order valence-electron chi connectivity index (χ2n) is 11.1. The van der Waals surface area contributed by atoms with Gasteiger partial charge in [-0.2, -0.15) is 9.35 Å². The number of hydrogen-bond acceptors (Lipinski definition) is 8. The molecule has 0 bridgehead atoms. The van der Waals surface area contributed by atoms with Crippen LogP contribution >= 0.6 is 0 Å². The van der Waals surface area contributed by atoms with Gasteiger partial charge in [-0.25, -0.2) is 23.5 Å². The summed E-state index contributed by atoms with van der Waals surface area (Å²) >= 11 is 0. The molecule has 10 nitrogen and oxygen atoms in total. The van der Waals surface area contributed by atoms with E-state index in [0.717, 1.165) is 18.5 Å². The molecule has 6 rings (SSSR count). The fourth-order valence-electron chi connectivity index (χ4n) is 5.98. The van der Waals surface area contributed by atoms with Crippen LogP contribution in [0.5, 0.6) is 0 Å². The lowest BCUT2D eigenvalue weighted by Gasteiger charge is -2.25. The van der Waals surface area contributed by atoms with E-state index in [9.17, 15) is 9.00 Å². The molecule has 1 aromatic carbocycles. The van der Waals surface area contributed by atoms with E-state index in [4.69, 9.17) is 4.98 Å². The number of benzene rings is 1. The number of aryl methyl sites for hydroxylation is 2. The quantitative estimate of drug-likeness (QED) is 0.254. The monoisotopic (exact) mass is 572 g/mol. The van der Waals surface area contributed by atoms with Gasteiger partial charge in [0.25, 0.3) is 5.56 Å². The number of allylic oxidation sites excluding steroid dienone is 1. The van der Waals surface area contributed by atoms with Crippen LogP contribution in [0.25, 0.3) is 16.9 Å². The van der Waals surface area contributed by atoms with Gasteiger partial charge in [0.2, 0.25) is 5.95 Å². The number of nitrogens with one attached hydrogen (secondary N) is 1. The molecule has 1 unspecified atom stereocenters. The molecule has 0 spiro atoms. The summed E-state index contributed by atoms with van der Waals surface area (Å²) in [5.41, 5.74) is 3.88. The third-order valence-electron chi connectivity index (χ3n) is 7.84. The van der Waals surface area contributed by atoms with Crippen molar-refractivity contribution in [3.63, 3.8) is 0 Å². The third kappa shape index (κ3) is 5.82. The van der Waals surface area contributed by atoms with Gasteiger partial charge in [0.1, 0.15) is 5.39 Å². The predicted octanol–water partition coefficient (Wildman–Crippen LogP) is 4.61. The van der Waals surface area contributed by atoms with Crippen molar-refractivity contribution in [1.29, 1.82) is 0 Å². The summed E-state index contributed by atoms with van der Waals surface area (Å²) in [7, 11) is -2.41. The summed E-state index contributed by atoms with van der Waals surface area (Å²) in [6.45, 7) is 6.53. The zero-order valence-electron chi connectivity index (χ0n) is 23.6. The van der Waals surface area contributed by atoms with E-state index < -0.39 is 9.73 Å². The second-order valence-corrected chi connectivity index (χ2v) is 13.7. The first kappa shape index (κ1) is 27.3. The average molecular weight is 573 g/mol. The van der Waals surface area contributed by atoms with E-state index in [1.807, 2.05) is 0 Å². The van der Waals surface area contributed by atoms with Gasteiger partial charge in [0, 0.05) is 40.2 Å². The number of anilines is 2. The standard InChI is InChI=1S/C30H36N8O2S/c1-4-16-37-29(39)25-20-31-30(34-28(25)38(37)27-9-7-8-26(33-27)35-41(2,3)40)32-23-13-10-21-11-14-24(15-12-22(21)19-23)36-17-5-6-18-36/h4,7-10,13,19-20,24H,1,5-6,11-12,14-18H2,2-3H3,(H,31,32,34). The Kier molecular flexibility index (Phi) is 7.48. The molecule has 0 saturated carbocycles. The minimum atomic E-state index is -2.41. The molecule has 11 heteroatoms. The summed E-state index contributed by atoms with van der Waals surface area (Å²) in [6.07, 6.45) is 13.5. The Morgan fingerprint density at radius 1 is 1.10 bits per heavy atom. The molecule has 1 aliphatic heterocycles. The maximum atomic E-state index is 13.3. The van der Waals surface area contributed by atoms with Crippen LogP contribution in [0, 0.1) is 0 Å². The molecule has 41 heavy (non-hydrogen) atoms. The van der Waals surface area contributed by atoms with Crippen LogP contribution in [0.3, 0.4) is 0 Å². The van der Waals surface area contributed by atoms with Crippen molar-refractivity contribution >= 4 is 38.2 Å². The topological polar surface area (TPSA) is 110 Å². The molecule has 0 amide bonds. The van der Waals surface area contributed by atoms with Gasteiger partial charge in [-0.05, 0) is 87.0 Å². The summed E-state index contributed by atoms with van der Waals surface area (Å²) in [5, 5.41) is 3.73. The van der Waals surface area contributed by atoms with Crippen LogP contribution in [0.15, 0.2) is 64.4 Å². The maximum absolute atomic E-state index is 13.3. The fraction of sp³-hybridized carbons (Fsp3) is 0.400. The van der Waals surface area contributed by atoms with Gasteiger partial charge in [-0.15, -0.1) is 6.58 Å². The summed E-state index contributed by atoms with van der Waals surface area (Å²) in [6, 6.07) is 12.4. The normalized spacial score (nSPS) is 17.8. The maximum Gasteiger partial charge on any atom is 0.278 e. The Labute approximate surface area is 240 Å². The lowest BCUT2D eigenvalue weighted by atomic mass is 10.0. The molecule has 4 aromatic rings. The minimum Gasteiger partial charge on any atom is -0.324 e. The van der Waals surface area contributed by atoms with Gasteiger partial charge < -0.3 is 10.2 Å². The molecule has 1 atom stereocenters. The SMILES string of the molecule is C=CCn1c(=O)c2cnc(Nc3ccc4c(c3)CCC(N3CCCC3)CC4)nc2n1-c1cccc(N=S(C)(C)=O)n1. The first-order chi connectivity index (χ1) is 19.8. The number of likely N-dealkylation sites (tertiary alicyclic amines) is 1. The Morgan fingerprint density at radius 2 is 1.88 bits per heavy atom. The Hall–Kier alpha value is -3.83. The molecule has 1 fully saturated rings. The summed E-state index contributed by atoms with van der Waals surface area (Å²) in [4.78, 5) is 29.8. The highest BCUT2D eigenvalue weighted by Gasteiger charge is 2.24. The van der Waals surface area contributed by atoms with E-state index in [-0.39, 0.29) is 12.1 Å². The Morgan fingerprint density at radius 3 is 2.63 bits per heavy atom. The largest absolute Gasteiger partial charge is 0.324 e. The van der Waals surface area contributed by atoms with Crippen molar-refractivity contribution in [3.05, 3.63) is 76.7 Å². The van der Waals surface area contributed by atoms with Gasteiger partial charge in [-0.3, -0.25) is 4.79 Å². The van der Waals surface area contributed by atoms with Crippen LogP contribution < -0.4 is 10.9 Å². The number of pyridine rings is 1. The summed E-state index contributed by atoms with van der Waals surface area (Å²) < 4.78 is 19.7. The lowest BCUT2D eigenvalue weighted by molar-refractivity contribution is 0.222. The molecule has 2 aliphatic rings. The van der Waals surface area contributed by atoms with E-state index >= 15 is 0 Å². The number of fused-ring (bicyclic) bond motifs is 2. The smallest absolute Gasteiger partial charge is 0.278 e. The van der Waals surface area contributed by atoms with Crippen molar-refractivity contribution in [1.82, 2.24) is 29.2 Å². The highest BCUT2D eigenvalue weighted by molar-refractivity contribution is 7.92. The Balaban J connectivity index is 1.33. The number of aromatic nitrogens is 5. The van der Waals surface area contributed by atoms with E-state index in [1.54, 1.807) is 47.7 Å². The predicted molar refractivity (Wildman–Crippen MR) is 164 cm³/mol. The van der Waals surface area contributed by atoms with Crippen molar-refractivity contribution in [2.24, 2.45) is 4.36 Å². The van der Waals surface area contributed by atoms with Crippen molar-refractivity contribution in [2.45, 2.75) is 51.1 Å². The molecule has 1 saturated heterocycles. The molecular formula is C30H36N8O2S. The number of rotatable bonds is 7. The molecule has 214 valence electrons. The van der Waals surface area contributed by atoms with Crippen molar-refractivity contribution in [3.8, 4) is 5.82 Å². The molecule has 0 radical (unpaired) electrons. The Bertz CT molecular complexity index is 1790. The third-order valence-corrected chi connectivity index (χ3v) is 8.47. The zero-order chi connectivity index (χ0) is 28.6. The van der Waals surface area contributed by atoms with Gasteiger partial charge in [0.05, 0.1) is 6.54 Å². The average Bonchev–Trinajstić information content (AvgIpc) is 3.50. The zero-order valence-corrected chi connectivity index (χ0v) is 24.4. The van der Waals surface area contributed by atoms with E-state index in [1.165, 1.54) is 54.6 Å². The van der Waals surface area contributed by atoms with Crippen molar-refractivity contribution < 1.29 is 4.21 Å². The van der Waals surface area contributed by atoms with Crippen LogP contribution in [0.1, 0.15) is 36.8 Å². The fourth-order valence-corrected chi connectivity index (χ4v) is 6.54. The number of hydrogen-bond donors (Lipinski definition) is 1. The highest BCUT2D eigenvalue weighted by Crippen LogP contribution is 2.29. The van der Waals surface area contributed by atoms with Gasteiger partial charge >= 0.3 is 0 Å². The molecule has 4 heterocycles. The first-order valence-corrected chi connectivity index (χ1v) is 16.5. The van der Waals surface area contributed by atoms with Crippen LogP contribution in [0.4, 0.5) is 17.5 Å². The van der Waals surface area contributed by atoms with E-state index in [0.29, 0.717) is 34.7 Å². The molecule has 3 aromatic heterocycles. The van der Waals surface area contributed by atoms with E-state index in [2.05, 4.69) is 49.3 Å². The molecular weight excluding hydrogens is 536 g/mol. The second kappa shape index (κ2) is 11.2.